The fraction of sp³-hybridized carbons (Fsp3) is 0.143. The van der Waals surface area contributed by atoms with Gasteiger partial charge < -0.3 is 5.73 Å². The quantitative estimate of drug-likeness (QED) is 0.359. The minimum Gasteiger partial charge on any atom is -0.326 e. The van der Waals surface area contributed by atoms with E-state index in [1.807, 2.05) is 55.5 Å². The molecule has 0 saturated carbocycles. The molecule has 0 atom stereocenters. The van der Waals surface area contributed by atoms with Crippen molar-refractivity contribution < 1.29 is 12.8 Å². The summed E-state index contributed by atoms with van der Waals surface area (Å²) in [5.41, 5.74) is 11.4. The van der Waals surface area contributed by atoms with Crippen molar-refractivity contribution in [3.8, 4) is 11.1 Å². The SMILES string of the molecule is Cc1ccc(S(=O)(=O)N(Cc2ccc(F)cc2)Cc2cc(CN)cc(-c3ccccc3)c2)cc1. The van der Waals surface area contributed by atoms with Crippen LogP contribution in [0.3, 0.4) is 0 Å². The predicted octanol–water partition coefficient (Wildman–Crippen LogP) is 5.65. The van der Waals surface area contributed by atoms with Crippen LogP contribution in [0, 0.1) is 12.7 Å². The molecule has 0 heterocycles. The van der Waals surface area contributed by atoms with E-state index in [1.54, 1.807) is 36.4 Å². The molecule has 0 spiro atoms. The summed E-state index contributed by atoms with van der Waals surface area (Å²) >= 11 is 0. The molecule has 6 heteroatoms. The molecular formula is C28H27FN2O2S. The van der Waals surface area contributed by atoms with Gasteiger partial charge in [-0.25, -0.2) is 12.8 Å². The fourth-order valence-electron chi connectivity index (χ4n) is 3.85. The Balaban J connectivity index is 1.74. The van der Waals surface area contributed by atoms with Crippen LogP contribution in [0.4, 0.5) is 4.39 Å². The summed E-state index contributed by atoms with van der Waals surface area (Å²) in [4.78, 5) is 0.221. The minimum absolute atomic E-state index is 0.115. The van der Waals surface area contributed by atoms with E-state index >= 15 is 0 Å². The van der Waals surface area contributed by atoms with Crippen LogP contribution in [0.5, 0.6) is 0 Å². The van der Waals surface area contributed by atoms with Crippen LogP contribution in [0.15, 0.2) is 102 Å². The molecule has 4 rings (SSSR count). The summed E-state index contributed by atoms with van der Waals surface area (Å²) in [6, 6.07) is 28.6. The van der Waals surface area contributed by atoms with Crippen molar-refractivity contribution in [1.82, 2.24) is 4.31 Å². The second-order valence-corrected chi connectivity index (χ2v) is 10.3. The summed E-state index contributed by atoms with van der Waals surface area (Å²) in [5, 5.41) is 0. The van der Waals surface area contributed by atoms with Crippen molar-refractivity contribution in [2.24, 2.45) is 5.73 Å². The maximum Gasteiger partial charge on any atom is 0.243 e. The highest BCUT2D eigenvalue weighted by molar-refractivity contribution is 7.89. The molecule has 0 bridgehead atoms. The van der Waals surface area contributed by atoms with Gasteiger partial charge >= 0.3 is 0 Å². The van der Waals surface area contributed by atoms with Crippen LogP contribution >= 0.6 is 0 Å². The van der Waals surface area contributed by atoms with Crippen molar-refractivity contribution in [3.63, 3.8) is 0 Å². The van der Waals surface area contributed by atoms with Gasteiger partial charge in [0, 0.05) is 19.6 Å². The molecule has 4 aromatic rings. The topological polar surface area (TPSA) is 63.4 Å². The summed E-state index contributed by atoms with van der Waals surface area (Å²) < 4.78 is 42.2. The predicted molar refractivity (Wildman–Crippen MR) is 134 cm³/mol. The first-order valence-corrected chi connectivity index (χ1v) is 12.5. The van der Waals surface area contributed by atoms with Crippen LogP contribution in [-0.4, -0.2) is 12.7 Å². The Kier molecular flexibility index (Phi) is 7.22. The molecule has 0 amide bonds. The molecule has 4 aromatic carbocycles. The molecule has 0 aliphatic rings. The lowest BCUT2D eigenvalue weighted by Crippen LogP contribution is -2.30. The van der Waals surface area contributed by atoms with Crippen molar-refractivity contribution in [3.05, 3.63) is 125 Å². The van der Waals surface area contributed by atoms with E-state index in [-0.39, 0.29) is 23.8 Å². The van der Waals surface area contributed by atoms with E-state index in [9.17, 15) is 12.8 Å². The Labute approximate surface area is 200 Å². The molecular weight excluding hydrogens is 447 g/mol. The lowest BCUT2D eigenvalue weighted by molar-refractivity contribution is 0.401. The van der Waals surface area contributed by atoms with Gasteiger partial charge in [-0.2, -0.15) is 4.31 Å². The molecule has 174 valence electrons. The van der Waals surface area contributed by atoms with E-state index in [2.05, 4.69) is 0 Å². The number of nitrogens with zero attached hydrogens (tertiary/aromatic N) is 1. The Morgan fingerprint density at radius 1 is 0.735 bits per heavy atom. The molecule has 0 aliphatic carbocycles. The van der Waals surface area contributed by atoms with Crippen LogP contribution in [0.25, 0.3) is 11.1 Å². The fourth-order valence-corrected chi connectivity index (χ4v) is 5.27. The van der Waals surface area contributed by atoms with Gasteiger partial charge in [-0.3, -0.25) is 0 Å². The molecule has 0 radical (unpaired) electrons. The Morgan fingerprint density at radius 2 is 1.35 bits per heavy atom. The number of halogens is 1. The van der Waals surface area contributed by atoms with E-state index in [0.717, 1.165) is 27.8 Å². The molecule has 34 heavy (non-hydrogen) atoms. The number of rotatable bonds is 8. The number of benzene rings is 4. The van der Waals surface area contributed by atoms with Gasteiger partial charge in [0.1, 0.15) is 5.82 Å². The second kappa shape index (κ2) is 10.3. The molecule has 0 unspecified atom stereocenters. The van der Waals surface area contributed by atoms with E-state index < -0.39 is 10.0 Å². The zero-order chi connectivity index (χ0) is 24.1. The maximum absolute atomic E-state index is 13.7. The molecule has 0 fully saturated rings. The number of aryl methyl sites for hydroxylation is 1. The Morgan fingerprint density at radius 3 is 2.00 bits per heavy atom. The van der Waals surface area contributed by atoms with Crippen LogP contribution < -0.4 is 5.73 Å². The first kappa shape index (κ1) is 23.8. The summed E-state index contributed by atoms with van der Waals surface area (Å²) in [6.45, 7) is 2.53. The number of hydrogen-bond donors (Lipinski definition) is 1. The van der Waals surface area contributed by atoms with Gasteiger partial charge in [0.2, 0.25) is 10.0 Å². The monoisotopic (exact) mass is 474 g/mol. The van der Waals surface area contributed by atoms with Crippen LogP contribution in [-0.2, 0) is 29.7 Å². The van der Waals surface area contributed by atoms with Crippen LogP contribution in [0.2, 0.25) is 0 Å². The zero-order valence-corrected chi connectivity index (χ0v) is 19.8. The Bertz CT molecular complexity index is 1350. The van der Waals surface area contributed by atoms with Gasteiger partial charge in [0.25, 0.3) is 0 Å². The average Bonchev–Trinajstić information content (AvgIpc) is 2.85. The van der Waals surface area contributed by atoms with E-state index in [0.29, 0.717) is 12.1 Å². The van der Waals surface area contributed by atoms with Crippen molar-refractivity contribution in [1.29, 1.82) is 0 Å². The minimum atomic E-state index is -3.81. The number of hydrogen-bond acceptors (Lipinski definition) is 3. The van der Waals surface area contributed by atoms with Gasteiger partial charge in [0.05, 0.1) is 4.90 Å². The highest BCUT2D eigenvalue weighted by atomic mass is 32.2. The number of nitrogens with two attached hydrogens (primary N) is 1. The number of sulfonamides is 1. The van der Waals surface area contributed by atoms with E-state index in [1.165, 1.54) is 16.4 Å². The lowest BCUT2D eigenvalue weighted by Gasteiger charge is -2.23. The standard InChI is InChI=1S/C28H27FN2O2S/c1-21-7-13-28(14-8-21)34(32,33)31(19-22-9-11-27(29)12-10-22)20-24-15-23(18-30)16-26(17-24)25-5-3-2-4-6-25/h2-17H,18-20,30H2,1H3. The molecule has 4 nitrogen and oxygen atoms in total. The van der Waals surface area contributed by atoms with Crippen LogP contribution in [0.1, 0.15) is 22.3 Å². The van der Waals surface area contributed by atoms with Gasteiger partial charge in [-0.05, 0) is 71.1 Å². The summed E-state index contributed by atoms with van der Waals surface area (Å²) in [6.07, 6.45) is 0. The highest BCUT2D eigenvalue weighted by Gasteiger charge is 2.25. The molecule has 0 aliphatic heterocycles. The third-order valence-corrected chi connectivity index (χ3v) is 7.49. The van der Waals surface area contributed by atoms with Gasteiger partial charge in [-0.15, -0.1) is 0 Å². The third-order valence-electron chi connectivity index (χ3n) is 5.69. The van der Waals surface area contributed by atoms with Gasteiger partial charge in [0.15, 0.2) is 0 Å². The average molecular weight is 475 g/mol. The van der Waals surface area contributed by atoms with Gasteiger partial charge in [-0.1, -0.05) is 66.2 Å². The second-order valence-electron chi connectivity index (χ2n) is 8.32. The maximum atomic E-state index is 13.7. The first-order valence-electron chi connectivity index (χ1n) is 11.0. The van der Waals surface area contributed by atoms with Crippen molar-refractivity contribution in [2.75, 3.05) is 0 Å². The smallest absolute Gasteiger partial charge is 0.243 e. The third kappa shape index (κ3) is 5.59. The largest absolute Gasteiger partial charge is 0.326 e. The zero-order valence-electron chi connectivity index (χ0n) is 19.0. The summed E-state index contributed by atoms with van der Waals surface area (Å²) in [5.74, 6) is -0.361. The lowest BCUT2D eigenvalue weighted by atomic mass is 9.99. The van der Waals surface area contributed by atoms with E-state index in [4.69, 9.17) is 5.73 Å². The normalized spacial score (nSPS) is 11.6. The van der Waals surface area contributed by atoms with Crippen molar-refractivity contribution >= 4 is 10.0 Å². The molecule has 2 N–H and O–H groups in total. The Hall–Kier alpha value is -3.32. The molecule has 0 saturated heterocycles. The highest BCUT2D eigenvalue weighted by Crippen LogP contribution is 2.26. The summed E-state index contributed by atoms with van der Waals surface area (Å²) in [7, 11) is -3.81. The first-order chi connectivity index (χ1) is 16.3. The molecule has 0 aromatic heterocycles. The van der Waals surface area contributed by atoms with Crippen molar-refractivity contribution in [2.45, 2.75) is 31.5 Å².